The molecule has 0 N–H and O–H groups in total. The number of imidazole rings is 1. The summed E-state index contributed by atoms with van der Waals surface area (Å²) in [4.78, 5) is 19.3. The number of aromatic nitrogens is 2. The summed E-state index contributed by atoms with van der Waals surface area (Å²) < 4.78 is 2.33. The van der Waals surface area contributed by atoms with Gasteiger partial charge in [0, 0.05) is 30.5 Å². The predicted octanol–water partition coefficient (Wildman–Crippen LogP) is 4.83. The Balaban J connectivity index is 1.30. The number of nitrogens with zero attached hydrogens (tertiary/aromatic N) is 3. The molecule has 1 aromatic heterocycles. The van der Waals surface area contributed by atoms with Crippen LogP contribution in [0.4, 0.5) is 0 Å². The zero-order chi connectivity index (χ0) is 17.9. The first kappa shape index (κ1) is 18.2. The number of rotatable bonds is 6. The number of likely N-dealkylation sites (tertiary alicyclic amines) is 1. The highest BCUT2D eigenvalue weighted by Gasteiger charge is 2.29. The highest BCUT2D eigenvalue weighted by atomic mass is 33.1. The summed E-state index contributed by atoms with van der Waals surface area (Å²) in [6, 6.07) is 8.67. The van der Waals surface area contributed by atoms with E-state index in [1.807, 2.05) is 27.7 Å². The second-order valence-electron chi connectivity index (χ2n) is 7.37. The average molecular weight is 390 g/mol. The first-order valence-corrected chi connectivity index (χ1v) is 12.1. The van der Waals surface area contributed by atoms with Gasteiger partial charge in [-0.15, -0.1) is 0 Å². The van der Waals surface area contributed by atoms with E-state index >= 15 is 0 Å². The topological polar surface area (TPSA) is 38.1 Å². The van der Waals surface area contributed by atoms with E-state index in [0.29, 0.717) is 18.4 Å². The number of carbonyl (C=O) groups is 1. The summed E-state index contributed by atoms with van der Waals surface area (Å²) in [5, 5.41) is 0.823. The molecule has 0 unspecified atom stereocenters. The van der Waals surface area contributed by atoms with Crippen LogP contribution in [0, 0.1) is 6.92 Å². The molecule has 26 heavy (non-hydrogen) atoms. The summed E-state index contributed by atoms with van der Waals surface area (Å²) in [7, 11) is 4.04. The summed E-state index contributed by atoms with van der Waals surface area (Å²) in [6.07, 6.45) is 6.58. The molecule has 4 rings (SSSR count). The van der Waals surface area contributed by atoms with Crippen molar-refractivity contribution >= 4 is 38.5 Å². The lowest BCUT2D eigenvalue weighted by Gasteiger charge is -2.18. The average Bonchev–Trinajstić information content (AvgIpc) is 3.37. The quantitative estimate of drug-likeness (QED) is 0.524. The number of hydrogen-bond acceptors (Lipinski definition) is 4. The zero-order valence-corrected chi connectivity index (χ0v) is 17.0. The van der Waals surface area contributed by atoms with Gasteiger partial charge in [0.05, 0.1) is 17.1 Å². The number of aryl methyl sites for hydroxylation is 1. The maximum Gasteiger partial charge on any atom is 0.222 e. The van der Waals surface area contributed by atoms with Crippen LogP contribution in [0.3, 0.4) is 0 Å². The van der Waals surface area contributed by atoms with Gasteiger partial charge in [-0.3, -0.25) is 4.79 Å². The number of unbranched alkanes of at least 4 members (excludes halogenated alkanes) is 1. The summed E-state index contributed by atoms with van der Waals surface area (Å²) in [5.41, 5.74) is 2.24. The third-order valence-corrected chi connectivity index (χ3v) is 8.55. The maximum absolute atomic E-state index is 12.6. The number of hydrogen-bond donors (Lipinski definition) is 0. The van der Waals surface area contributed by atoms with Crippen molar-refractivity contribution in [2.75, 3.05) is 18.8 Å². The van der Waals surface area contributed by atoms with E-state index in [1.54, 1.807) is 0 Å². The highest BCUT2D eigenvalue weighted by Crippen LogP contribution is 2.40. The maximum atomic E-state index is 12.6. The monoisotopic (exact) mass is 389 g/mol. The molecule has 1 aromatic carbocycles. The number of carbonyl (C=O) groups excluding carboxylic acids is 1. The van der Waals surface area contributed by atoms with Gasteiger partial charge < -0.3 is 9.47 Å². The molecule has 2 aliphatic heterocycles. The summed E-state index contributed by atoms with van der Waals surface area (Å²) >= 11 is 0. The van der Waals surface area contributed by atoms with Crippen molar-refractivity contribution in [1.29, 1.82) is 0 Å². The molecule has 2 aromatic rings. The fraction of sp³-hybridized carbons (Fsp3) is 0.600. The highest BCUT2D eigenvalue weighted by molar-refractivity contribution is 8.77. The molecule has 0 saturated carbocycles. The van der Waals surface area contributed by atoms with Crippen LogP contribution in [0.2, 0.25) is 0 Å². The van der Waals surface area contributed by atoms with Crippen molar-refractivity contribution < 1.29 is 4.79 Å². The van der Waals surface area contributed by atoms with Crippen molar-refractivity contribution in [2.45, 2.75) is 56.7 Å². The minimum atomic E-state index is 0.336. The van der Waals surface area contributed by atoms with Gasteiger partial charge in [-0.2, -0.15) is 0 Å². The van der Waals surface area contributed by atoms with Crippen LogP contribution in [0.5, 0.6) is 0 Å². The Morgan fingerprint density at radius 2 is 2.15 bits per heavy atom. The Hall–Kier alpha value is -1.14. The Morgan fingerprint density at radius 3 is 3.00 bits per heavy atom. The van der Waals surface area contributed by atoms with Crippen LogP contribution < -0.4 is 0 Å². The second kappa shape index (κ2) is 8.26. The number of benzene rings is 1. The van der Waals surface area contributed by atoms with Crippen molar-refractivity contribution in [1.82, 2.24) is 14.5 Å². The van der Waals surface area contributed by atoms with Crippen molar-refractivity contribution in [2.24, 2.45) is 0 Å². The fourth-order valence-corrected chi connectivity index (χ4v) is 7.20. The van der Waals surface area contributed by atoms with Crippen molar-refractivity contribution in [3.8, 4) is 0 Å². The molecule has 140 valence electrons. The Kier molecular flexibility index (Phi) is 5.79. The summed E-state index contributed by atoms with van der Waals surface area (Å²) in [5.74, 6) is 2.69. The number of fused-ring (bicyclic) bond motifs is 1. The van der Waals surface area contributed by atoms with Crippen LogP contribution in [0.1, 0.15) is 50.4 Å². The van der Waals surface area contributed by atoms with Gasteiger partial charge in [0.15, 0.2) is 0 Å². The van der Waals surface area contributed by atoms with E-state index < -0.39 is 0 Å². The molecule has 2 fully saturated rings. The zero-order valence-electron chi connectivity index (χ0n) is 15.4. The van der Waals surface area contributed by atoms with E-state index in [-0.39, 0.29) is 0 Å². The number of para-hydroxylation sites is 2. The molecule has 0 spiro atoms. The van der Waals surface area contributed by atoms with E-state index in [0.717, 1.165) is 42.5 Å². The normalized spacial score (nSPS) is 23.2. The van der Waals surface area contributed by atoms with Gasteiger partial charge in [0.2, 0.25) is 5.91 Å². The molecule has 1 amide bonds. The lowest BCUT2D eigenvalue weighted by Crippen LogP contribution is -2.29. The molecule has 2 saturated heterocycles. The van der Waals surface area contributed by atoms with Crippen molar-refractivity contribution in [3.63, 3.8) is 0 Å². The predicted molar refractivity (Wildman–Crippen MR) is 112 cm³/mol. The summed E-state index contributed by atoms with van der Waals surface area (Å²) in [6.45, 7) is 3.78. The molecule has 4 nitrogen and oxygen atoms in total. The van der Waals surface area contributed by atoms with Gasteiger partial charge in [-0.05, 0) is 44.7 Å². The van der Waals surface area contributed by atoms with Crippen LogP contribution >= 0.6 is 21.6 Å². The molecule has 2 atom stereocenters. The second-order valence-corrected chi connectivity index (χ2v) is 10.2. The van der Waals surface area contributed by atoms with Gasteiger partial charge in [-0.1, -0.05) is 40.1 Å². The minimum absolute atomic E-state index is 0.336. The third kappa shape index (κ3) is 3.91. The molecule has 2 aliphatic rings. The first-order valence-electron chi connectivity index (χ1n) is 9.72. The number of amides is 1. The SMILES string of the molecule is Cc1nc2ccccc2n1[C@@H]1CCN(C(=O)CCCC[C@H]2CCSS2)C1. The fourth-order valence-electron chi connectivity index (χ4n) is 4.18. The Labute approximate surface area is 163 Å². The van der Waals surface area contributed by atoms with Crippen LogP contribution in [-0.2, 0) is 4.79 Å². The molecule has 0 aliphatic carbocycles. The lowest BCUT2D eigenvalue weighted by atomic mass is 10.1. The standard InChI is InChI=1S/C20H27N3OS2/c1-15-21-18-7-3-4-8-19(18)23(15)16-10-12-22(14-16)20(24)9-5-2-6-17-11-13-25-26-17/h3-4,7-8,16-17H,2,5-6,9-14H2,1H3/t16-,17+/m1/s1. The van der Waals surface area contributed by atoms with Gasteiger partial charge in [0.1, 0.15) is 5.82 Å². The largest absolute Gasteiger partial charge is 0.341 e. The van der Waals surface area contributed by atoms with Gasteiger partial charge in [0.25, 0.3) is 0 Å². The molecule has 0 radical (unpaired) electrons. The van der Waals surface area contributed by atoms with Gasteiger partial charge in [-0.25, -0.2) is 4.98 Å². The van der Waals surface area contributed by atoms with E-state index in [9.17, 15) is 4.79 Å². The molecular weight excluding hydrogens is 362 g/mol. The van der Waals surface area contributed by atoms with E-state index in [4.69, 9.17) is 0 Å². The Bertz CT molecular complexity index is 770. The van der Waals surface area contributed by atoms with Crippen LogP contribution in [0.15, 0.2) is 24.3 Å². The smallest absolute Gasteiger partial charge is 0.222 e. The lowest BCUT2D eigenvalue weighted by molar-refractivity contribution is -0.130. The first-order chi connectivity index (χ1) is 12.7. The molecule has 3 heterocycles. The molecule has 6 heteroatoms. The molecular formula is C20H27N3OS2. The van der Waals surface area contributed by atoms with E-state index in [2.05, 4.69) is 39.6 Å². The van der Waals surface area contributed by atoms with Crippen LogP contribution in [-0.4, -0.2) is 44.5 Å². The van der Waals surface area contributed by atoms with E-state index in [1.165, 1.54) is 30.5 Å². The van der Waals surface area contributed by atoms with Crippen molar-refractivity contribution in [3.05, 3.63) is 30.1 Å². The van der Waals surface area contributed by atoms with Gasteiger partial charge >= 0.3 is 0 Å². The molecule has 0 bridgehead atoms. The minimum Gasteiger partial charge on any atom is -0.341 e. The van der Waals surface area contributed by atoms with Crippen LogP contribution in [0.25, 0.3) is 11.0 Å². The Morgan fingerprint density at radius 1 is 1.27 bits per heavy atom. The third-order valence-electron chi connectivity index (χ3n) is 5.55.